The number of nitrogens with zero attached hydrogens (tertiary/aromatic N) is 2. The molecule has 5 nitrogen and oxygen atoms in total. The summed E-state index contributed by atoms with van der Waals surface area (Å²) in [6, 6.07) is 9.19. The Morgan fingerprint density at radius 3 is 2.48 bits per heavy atom. The van der Waals surface area contributed by atoms with Crippen LogP contribution in [-0.2, 0) is 6.42 Å². The molecule has 0 spiro atoms. The number of aromatic nitrogens is 2. The van der Waals surface area contributed by atoms with Gasteiger partial charge in [0.05, 0.1) is 17.9 Å². The second kappa shape index (κ2) is 7.83. The Hall–Kier alpha value is -2.14. The van der Waals surface area contributed by atoms with Gasteiger partial charge in [0.25, 0.3) is 5.56 Å². The summed E-state index contributed by atoms with van der Waals surface area (Å²) in [5.41, 5.74) is 1.59. The van der Waals surface area contributed by atoms with Crippen molar-refractivity contribution < 1.29 is 9.84 Å². The second-order valence-corrected chi connectivity index (χ2v) is 6.76. The Bertz CT molecular complexity index is 760. The highest BCUT2D eigenvalue weighted by Gasteiger charge is 2.20. The van der Waals surface area contributed by atoms with E-state index in [0.717, 1.165) is 55.7 Å². The maximum absolute atomic E-state index is 12.4. The summed E-state index contributed by atoms with van der Waals surface area (Å²) in [7, 11) is 0. The van der Waals surface area contributed by atoms with E-state index in [1.807, 2.05) is 31.2 Å². The highest BCUT2D eigenvalue weighted by atomic mass is 16.5. The number of hydrogen-bond acceptors (Lipinski definition) is 4. The Balaban J connectivity index is 1.75. The fourth-order valence-electron chi connectivity index (χ4n) is 3.38. The van der Waals surface area contributed by atoms with Crippen LogP contribution >= 0.6 is 0 Å². The van der Waals surface area contributed by atoms with Gasteiger partial charge in [0.2, 0.25) is 0 Å². The first-order chi connectivity index (χ1) is 12.1. The Labute approximate surface area is 148 Å². The monoisotopic (exact) mass is 342 g/mol. The molecule has 5 heteroatoms. The van der Waals surface area contributed by atoms with Gasteiger partial charge in [-0.25, -0.2) is 4.98 Å². The molecule has 0 bridgehead atoms. The molecule has 3 rings (SSSR count). The van der Waals surface area contributed by atoms with Crippen molar-refractivity contribution in [3.05, 3.63) is 52.2 Å². The highest BCUT2D eigenvalue weighted by molar-refractivity contribution is 5.38. The number of hydrogen-bond donors (Lipinski definition) is 1. The lowest BCUT2D eigenvalue weighted by molar-refractivity contribution is 0.0666. The van der Waals surface area contributed by atoms with Crippen LogP contribution in [0.15, 0.2) is 35.1 Å². The zero-order chi connectivity index (χ0) is 17.8. The van der Waals surface area contributed by atoms with E-state index in [9.17, 15) is 9.90 Å². The quantitative estimate of drug-likeness (QED) is 0.906. The van der Waals surface area contributed by atoms with E-state index < -0.39 is 0 Å². The number of aryl methyl sites for hydroxylation is 2. The molecule has 0 saturated heterocycles. The Morgan fingerprint density at radius 1 is 1.20 bits per heavy atom. The Kier molecular flexibility index (Phi) is 5.53. The molecule has 134 valence electrons. The van der Waals surface area contributed by atoms with Crippen molar-refractivity contribution in [2.75, 3.05) is 0 Å². The molecule has 1 N–H and O–H groups in total. The van der Waals surface area contributed by atoms with Crippen LogP contribution in [0.2, 0.25) is 0 Å². The van der Waals surface area contributed by atoms with Crippen molar-refractivity contribution in [1.82, 2.24) is 9.55 Å². The van der Waals surface area contributed by atoms with E-state index in [-0.39, 0.29) is 17.8 Å². The van der Waals surface area contributed by atoms with Crippen molar-refractivity contribution in [2.45, 2.75) is 64.6 Å². The van der Waals surface area contributed by atoms with Crippen molar-refractivity contribution >= 4 is 0 Å². The lowest BCUT2D eigenvalue weighted by atomic mass is 9.95. The smallest absolute Gasteiger partial charge is 0.258 e. The van der Waals surface area contributed by atoms with Crippen LogP contribution in [0, 0.1) is 6.92 Å². The zero-order valence-electron chi connectivity index (χ0n) is 14.9. The predicted octanol–water partition coefficient (Wildman–Crippen LogP) is 3.18. The van der Waals surface area contributed by atoms with Gasteiger partial charge in [0.1, 0.15) is 11.6 Å². The van der Waals surface area contributed by atoms with Gasteiger partial charge >= 0.3 is 0 Å². The van der Waals surface area contributed by atoms with Gasteiger partial charge in [0, 0.05) is 11.8 Å². The van der Waals surface area contributed by atoms with E-state index in [4.69, 9.17) is 4.74 Å². The largest absolute Gasteiger partial charge is 0.490 e. The minimum Gasteiger partial charge on any atom is -0.490 e. The molecule has 1 aromatic carbocycles. The third kappa shape index (κ3) is 4.28. The molecule has 1 aromatic heterocycles. The molecule has 0 amide bonds. The fraction of sp³-hybridized carbons (Fsp3) is 0.500. The molecule has 25 heavy (non-hydrogen) atoms. The number of rotatable bonds is 5. The predicted molar refractivity (Wildman–Crippen MR) is 97.5 cm³/mol. The topological polar surface area (TPSA) is 64.3 Å². The summed E-state index contributed by atoms with van der Waals surface area (Å²) in [5.74, 6) is 1.50. The van der Waals surface area contributed by atoms with Crippen molar-refractivity contribution in [3.8, 4) is 11.4 Å². The van der Waals surface area contributed by atoms with E-state index >= 15 is 0 Å². The third-order valence-electron chi connectivity index (χ3n) is 4.69. The lowest BCUT2D eigenvalue weighted by Crippen LogP contribution is -2.26. The zero-order valence-corrected chi connectivity index (χ0v) is 14.9. The van der Waals surface area contributed by atoms with Crippen LogP contribution in [0.25, 0.3) is 5.69 Å². The molecular formula is C20H26N2O3. The van der Waals surface area contributed by atoms with Crippen LogP contribution in [0.5, 0.6) is 5.75 Å². The van der Waals surface area contributed by atoms with E-state index in [1.165, 1.54) is 0 Å². The molecule has 1 aliphatic carbocycles. The summed E-state index contributed by atoms with van der Waals surface area (Å²) in [4.78, 5) is 17.0. The van der Waals surface area contributed by atoms with Gasteiger partial charge in [-0.05, 0) is 63.3 Å². The van der Waals surface area contributed by atoms with Crippen molar-refractivity contribution in [1.29, 1.82) is 0 Å². The SMILES string of the molecule is CCCc1cc(=O)n(-c2ccc(OC3CCC(O)CC3)cc2)c(C)n1. The normalized spacial score (nSPS) is 20.4. The highest BCUT2D eigenvalue weighted by Crippen LogP contribution is 2.24. The van der Waals surface area contributed by atoms with E-state index in [2.05, 4.69) is 11.9 Å². The first-order valence-corrected chi connectivity index (χ1v) is 9.11. The van der Waals surface area contributed by atoms with E-state index in [0.29, 0.717) is 5.82 Å². The third-order valence-corrected chi connectivity index (χ3v) is 4.69. The molecule has 0 unspecified atom stereocenters. The van der Waals surface area contributed by atoms with Crippen molar-refractivity contribution in [3.63, 3.8) is 0 Å². The maximum atomic E-state index is 12.4. The van der Waals surface area contributed by atoms with E-state index in [1.54, 1.807) is 10.6 Å². The summed E-state index contributed by atoms with van der Waals surface area (Å²) < 4.78 is 7.62. The minimum absolute atomic E-state index is 0.0501. The number of aliphatic hydroxyl groups excluding tert-OH is 1. The lowest BCUT2D eigenvalue weighted by Gasteiger charge is -2.26. The van der Waals surface area contributed by atoms with Crippen LogP contribution in [0.3, 0.4) is 0 Å². The average molecular weight is 342 g/mol. The number of benzene rings is 1. The van der Waals surface area contributed by atoms with Gasteiger partial charge in [-0.2, -0.15) is 0 Å². The molecule has 2 aromatic rings. The minimum atomic E-state index is -0.180. The van der Waals surface area contributed by atoms with Gasteiger partial charge in [-0.15, -0.1) is 0 Å². The number of ether oxygens (including phenoxy) is 1. The first kappa shape index (κ1) is 17.7. The standard InChI is InChI=1S/C20H26N2O3/c1-3-4-15-13-20(24)22(14(2)21-15)16-5-9-18(10-6-16)25-19-11-7-17(23)8-12-19/h5-6,9-10,13,17,19,23H,3-4,7-8,11-12H2,1-2H3. The van der Waals surface area contributed by atoms with Crippen LogP contribution < -0.4 is 10.3 Å². The molecule has 0 radical (unpaired) electrons. The van der Waals surface area contributed by atoms with Gasteiger partial charge < -0.3 is 9.84 Å². The molecule has 1 heterocycles. The van der Waals surface area contributed by atoms with Gasteiger partial charge in [0.15, 0.2) is 0 Å². The van der Waals surface area contributed by atoms with Gasteiger partial charge in [-0.1, -0.05) is 13.3 Å². The first-order valence-electron chi connectivity index (χ1n) is 9.11. The maximum Gasteiger partial charge on any atom is 0.258 e. The van der Waals surface area contributed by atoms with Crippen LogP contribution in [-0.4, -0.2) is 26.9 Å². The van der Waals surface area contributed by atoms with Crippen molar-refractivity contribution in [2.24, 2.45) is 0 Å². The molecule has 0 aliphatic heterocycles. The average Bonchev–Trinajstić information content (AvgIpc) is 2.58. The Morgan fingerprint density at radius 2 is 1.88 bits per heavy atom. The summed E-state index contributed by atoms with van der Waals surface area (Å²) in [6.45, 7) is 3.94. The fourth-order valence-corrected chi connectivity index (χ4v) is 3.38. The van der Waals surface area contributed by atoms with Gasteiger partial charge in [-0.3, -0.25) is 9.36 Å². The summed E-state index contributed by atoms with van der Waals surface area (Å²) >= 11 is 0. The second-order valence-electron chi connectivity index (χ2n) is 6.76. The summed E-state index contributed by atoms with van der Waals surface area (Å²) in [6.07, 6.45) is 5.13. The molecule has 1 aliphatic rings. The molecule has 1 fully saturated rings. The molecule has 0 atom stereocenters. The molecular weight excluding hydrogens is 316 g/mol. The molecule has 1 saturated carbocycles. The number of aliphatic hydroxyl groups is 1. The van der Waals surface area contributed by atoms with Crippen LogP contribution in [0.1, 0.15) is 50.5 Å². The summed E-state index contributed by atoms with van der Waals surface area (Å²) in [5, 5.41) is 9.57. The van der Waals surface area contributed by atoms with Crippen LogP contribution in [0.4, 0.5) is 0 Å².